The first kappa shape index (κ1) is 18.2. The molecule has 0 heterocycles. The minimum absolute atomic E-state index is 0.175. The fourth-order valence-corrected chi connectivity index (χ4v) is 5.66. The van der Waals surface area contributed by atoms with Crippen molar-refractivity contribution in [2.45, 2.75) is 58.0 Å². The number of carbonyl (C=O) groups excluding carboxylic acids is 1. The zero-order valence-corrected chi connectivity index (χ0v) is 16.1. The minimum atomic E-state index is -3.56. The van der Waals surface area contributed by atoms with Crippen LogP contribution in [0.1, 0.15) is 44.6 Å². The normalized spacial score (nSPS) is 26.4. The van der Waals surface area contributed by atoms with E-state index in [1.807, 2.05) is 26.0 Å². The largest absolute Gasteiger partial charge is 0.351 e. The number of nitrogens with one attached hydrogen (secondary N) is 1. The first-order chi connectivity index (χ1) is 11.8. The Hall–Kier alpha value is -1.56. The van der Waals surface area contributed by atoms with Crippen LogP contribution in [0.25, 0.3) is 0 Å². The average molecular weight is 365 g/mol. The zero-order valence-electron chi connectivity index (χ0n) is 15.2. The molecule has 0 radical (unpaired) electrons. The number of sulfonamides is 1. The van der Waals surface area contributed by atoms with E-state index in [9.17, 15) is 13.2 Å². The topological polar surface area (TPSA) is 66.5 Å². The van der Waals surface area contributed by atoms with Crippen molar-refractivity contribution in [3.8, 4) is 0 Å². The van der Waals surface area contributed by atoms with E-state index in [0.717, 1.165) is 17.9 Å². The van der Waals surface area contributed by atoms with E-state index in [2.05, 4.69) is 5.32 Å². The molecular weight excluding hydrogens is 336 g/mol. The van der Waals surface area contributed by atoms with E-state index >= 15 is 0 Å². The molecule has 2 aliphatic carbocycles. The summed E-state index contributed by atoms with van der Waals surface area (Å²) in [5.41, 5.74) is 1.60. The summed E-state index contributed by atoms with van der Waals surface area (Å²) in [4.78, 5) is 12.9. The number of hydrogen-bond acceptors (Lipinski definition) is 3. The minimum Gasteiger partial charge on any atom is -0.351 e. The van der Waals surface area contributed by atoms with Crippen molar-refractivity contribution in [3.63, 3.8) is 0 Å². The highest BCUT2D eigenvalue weighted by Gasteiger charge is 2.41. The van der Waals surface area contributed by atoms with Gasteiger partial charge in [0.25, 0.3) is 0 Å². The molecule has 4 atom stereocenters. The lowest BCUT2D eigenvalue weighted by Gasteiger charge is -2.32. The maximum Gasteiger partial charge on any atom is 0.244 e. The molecule has 0 aromatic heterocycles. The summed E-state index contributed by atoms with van der Waals surface area (Å²) in [5.74, 6) is 1.13. The Balaban J connectivity index is 1.82. The highest BCUT2D eigenvalue weighted by molar-refractivity contribution is 7.92. The quantitative estimate of drug-likeness (QED) is 0.844. The van der Waals surface area contributed by atoms with Crippen LogP contribution in [0.3, 0.4) is 0 Å². The standard InChI is InChI=1S/C19H28N2O3S/c1-4-18(19(22)20-17-12-14-7-8-15(17)11-14)21(25(3,23)24)16-9-5-13(2)6-10-16/h5-6,9-10,14-15,17-18H,4,7-8,11-12H2,1-3H3,(H,20,22)/t14-,15-,17+,18-/m1/s1. The monoisotopic (exact) mass is 364 g/mol. The summed E-state index contributed by atoms with van der Waals surface area (Å²) in [6.07, 6.45) is 6.30. The second-order valence-corrected chi connectivity index (χ2v) is 9.47. The molecular formula is C19H28N2O3S. The highest BCUT2D eigenvalue weighted by atomic mass is 32.2. The Bertz CT molecular complexity index is 730. The van der Waals surface area contributed by atoms with Crippen molar-refractivity contribution >= 4 is 21.6 Å². The van der Waals surface area contributed by atoms with E-state index in [1.54, 1.807) is 12.1 Å². The van der Waals surface area contributed by atoms with Crippen molar-refractivity contribution in [2.24, 2.45) is 11.8 Å². The molecule has 1 aromatic carbocycles. The van der Waals surface area contributed by atoms with Gasteiger partial charge in [0.2, 0.25) is 15.9 Å². The third-order valence-corrected chi connectivity index (χ3v) is 6.86. The predicted molar refractivity (Wildman–Crippen MR) is 100.0 cm³/mol. The molecule has 2 fully saturated rings. The molecule has 2 aliphatic rings. The Morgan fingerprint density at radius 1 is 1.24 bits per heavy atom. The molecule has 2 saturated carbocycles. The molecule has 2 bridgehead atoms. The number of amides is 1. The summed E-state index contributed by atoms with van der Waals surface area (Å²) in [6, 6.07) is 6.77. The van der Waals surface area contributed by atoms with Crippen molar-refractivity contribution in [1.29, 1.82) is 0 Å². The smallest absolute Gasteiger partial charge is 0.244 e. The van der Waals surface area contributed by atoms with E-state index in [4.69, 9.17) is 0 Å². The molecule has 6 heteroatoms. The molecule has 0 aliphatic heterocycles. The van der Waals surface area contributed by atoms with Crippen LogP contribution in [0.15, 0.2) is 24.3 Å². The number of aryl methyl sites for hydroxylation is 1. The summed E-state index contributed by atoms with van der Waals surface area (Å²) in [7, 11) is -3.56. The molecule has 1 amide bonds. The average Bonchev–Trinajstić information content (AvgIpc) is 3.15. The van der Waals surface area contributed by atoms with Crippen LogP contribution in [0.2, 0.25) is 0 Å². The second kappa shape index (κ2) is 6.98. The summed E-state index contributed by atoms with van der Waals surface area (Å²) in [6.45, 7) is 3.81. The molecule has 3 rings (SSSR count). The van der Waals surface area contributed by atoms with Gasteiger partial charge in [0, 0.05) is 6.04 Å². The molecule has 138 valence electrons. The van der Waals surface area contributed by atoms with E-state index in [0.29, 0.717) is 18.0 Å². The SMILES string of the molecule is CC[C@H](C(=O)N[C@H]1C[C@@H]2CC[C@@H]1C2)N(c1ccc(C)cc1)S(C)(=O)=O. The molecule has 0 spiro atoms. The third kappa shape index (κ3) is 3.84. The number of anilines is 1. The number of benzene rings is 1. The first-order valence-corrected chi connectivity index (χ1v) is 11.0. The molecule has 0 saturated heterocycles. The van der Waals surface area contributed by atoms with Crippen molar-refractivity contribution in [3.05, 3.63) is 29.8 Å². The fraction of sp³-hybridized carbons (Fsp3) is 0.632. The molecule has 1 aromatic rings. The van der Waals surface area contributed by atoms with Crippen LogP contribution in [0, 0.1) is 18.8 Å². The van der Waals surface area contributed by atoms with Gasteiger partial charge in [-0.05, 0) is 56.6 Å². The summed E-state index contributed by atoms with van der Waals surface area (Å²) >= 11 is 0. The zero-order chi connectivity index (χ0) is 18.2. The van der Waals surface area contributed by atoms with Gasteiger partial charge < -0.3 is 5.32 Å². The van der Waals surface area contributed by atoms with Gasteiger partial charge >= 0.3 is 0 Å². The van der Waals surface area contributed by atoms with Crippen LogP contribution < -0.4 is 9.62 Å². The van der Waals surface area contributed by atoms with Gasteiger partial charge in [-0.1, -0.05) is 31.0 Å². The van der Waals surface area contributed by atoms with Crippen LogP contribution >= 0.6 is 0 Å². The maximum absolute atomic E-state index is 12.9. The Morgan fingerprint density at radius 3 is 2.40 bits per heavy atom. The number of nitrogens with zero attached hydrogens (tertiary/aromatic N) is 1. The predicted octanol–water partition coefficient (Wildman–Crippen LogP) is 2.84. The van der Waals surface area contributed by atoms with Crippen molar-refractivity contribution in [2.75, 3.05) is 10.6 Å². The van der Waals surface area contributed by atoms with E-state index < -0.39 is 16.1 Å². The van der Waals surface area contributed by atoms with Crippen LogP contribution in [-0.2, 0) is 14.8 Å². The van der Waals surface area contributed by atoms with Gasteiger partial charge in [-0.3, -0.25) is 9.10 Å². The molecule has 0 unspecified atom stereocenters. The highest BCUT2D eigenvalue weighted by Crippen LogP contribution is 2.44. The number of hydrogen-bond donors (Lipinski definition) is 1. The van der Waals surface area contributed by atoms with Gasteiger partial charge in [0.05, 0.1) is 11.9 Å². The summed E-state index contributed by atoms with van der Waals surface area (Å²) < 4.78 is 26.1. The van der Waals surface area contributed by atoms with Gasteiger partial charge in [-0.15, -0.1) is 0 Å². The number of rotatable bonds is 6. The summed E-state index contributed by atoms with van der Waals surface area (Å²) in [5, 5.41) is 3.15. The third-order valence-electron chi connectivity index (χ3n) is 5.68. The maximum atomic E-state index is 12.9. The molecule has 5 nitrogen and oxygen atoms in total. The number of carbonyl (C=O) groups is 1. The van der Waals surface area contributed by atoms with Crippen LogP contribution in [-0.4, -0.2) is 32.7 Å². The number of fused-ring (bicyclic) bond motifs is 2. The van der Waals surface area contributed by atoms with Gasteiger partial charge in [-0.2, -0.15) is 0 Å². The van der Waals surface area contributed by atoms with E-state index in [-0.39, 0.29) is 11.9 Å². The molecule has 1 N–H and O–H groups in total. The Kier molecular flexibility index (Phi) is 5.09. The van der Waals surface area contributed by atoms with Gasteiger partial charge in [0.15, 0.2) is 0 Å². The van der Waals surface area contributed by atoms with Gasteiger partial charge in [0.1, 0.15) is 6.04 Å². The van der Waals surface area contributed by atoms with E-state index in [1.165, 1.54) is 29.8 Å². The molecule has 25 heavy (non-hydrogen) atoms. The van der Waals surface area contributed by atoms with Crippen LogP contribution in [0.5, 0.6) is 0 Å². The second-order valence-electron chi connectivity index (χ2n) is 7.61. The first-order valence-electron chi connectivity index (χ1n) is 9.16. The van der Waals surface area contributed by atoms with Gasteiger partial charge in [-0.25, -0.2) is 8.42 Å². The van der Waals surface area contributed by atoms with Crippen LogP contribution in [0.4, 0.5) is 5.69 Å². The lowest BCUT2D eigenvalue weighted by molar-refractivity contribution is -0.123. The fourth-order valence-electron chi connectivity index (χ4n) is 4.45. The lowest BCUT2D eigenvalue weighted by atomic mass is 9.95. The van der Waals surface area contributed by atoms with Crippen molar-refractivity contribution < 1.29 is 13.2 Å². The Morgan fingerprint density at radius 2 is 1.92 bits per heavy atom. The van der Waals surface area contributed by atoms with Crippen molar-refractivity contribution in [1.82, 2.24) is 5.32 Å². The lowest BCUT2D eigenvalue weighted by Crippen LogP contribution is -2.52. The Labute approximate surface area is 150 Å².